The Morgan fingerprint density at radius 1 is 1.53 bits per heavy atom. The molecule has 88 valence electrons. The first-order valence-electron chi connectivity index (χ1n) is 4.67. The van der Waals surface area contributed by atoms with Crippen LogP contribution in [-0.4, -0.2) is 25.3 Å². The van der Waals surface area contributed by atoms with Gasteiger partial charge in [0.15, 0.2) is 0 Å². The first-order valence-corrected chi connectivity index (χ1v) is 7.12. The molecule has 1 rings (SSSR count). The quantitative estimate of drug-likeness (QED) is 0.573. The van der Waals surface area contributed by atoms with Crippen LogP contribution < -0.4 is 0 Å². The summed E-state index contributed by atoms with van der Waals surface area (Å²) in [6.07, 6.45) is 0.0526. The van der Waals surface area contributed by atoms with Crippen LogP contribution in [-0.2, 0) is 23.1 Å². The summed E-state index contributed by atoms with van der Waals surface area (Å²) in [6.45, 7) is 0.500. The van der Waals surface area contributed by atoms with E-state index in [1.165, 1.54) is 0 Å². The summed E-state index contributed by atoms with van der Waals surface area (Å²) in [6, 6.07) is 0. The van der Waals surface area contributed by atoms with E-state index in [4.69, 9.17) is 25.0 Å². The van der Waals surface area contributed by atoms with Crippen LogP contribution in [0.5, 0.6) is 0 Å². The summed E-state index contributed by atoms with van der Waals surface area (Å²) >= 11 is 5.35. The normalized spacial score (nSPS) is 31.6. The second-order valence-electron chi connectivity index (χ2n) is 3.63. The highest BCUT2D eigenvalue weighted by molar-refractivity contribution is 7.81. The van der Waals surface area contributed by atoms with Gasteiger partial charge in [0.1, 0.15) is 0 Å². The minimum absolute atomic E-state index is 0.137. The van der Waals surface area contributed by atoms with Crippen LogP contribution in [0.1, 0.15) is 20.3 Å². The Hall–Kier alpha value is -0.0900. The number of hydrogen-bond donors (Lipinski definition) is 0. The van der Waals surface area contributed by atoms with Crippen molar-refractivity contribution >= 4 is 24.2 Å². The standard InChI is InChI=1S/C8H14ClO5P/c1-6(2)14-8(10)3-7-4-12-15(9,11)13-5-7/h6-7H,3-5H2,1-2H3. The number of rotatable bonds is 3. The minimum atomic E-state index is -3.37. The van der Waals surface area contributed by atoms with Crippen LogP contribution in [0.4, 0.5) is 0 Å². The Kier molecular flexibility index (Phi) is 4.59. The molecule has 1 saturated heterocycles. The second kappa shape index (κ2) is 5.30. The first-order chi connectivity index (χ1) is 6.89. The topological polar surface area (TPSA) is 61.8 Å². The zero-order valence-electron chi connectivity index (χ0n) is 8.64. The number of hydrogen-bond acceptors (Lipinski definition) is 5. The highest BCUT2D eigenvalue weighted by atomic mass is 35.7. The molecular weight excluding hydrogens is 243 g/mol. The number of esters is 1. The second-order valence-corrected chi connectivity index (χ2v) is 6.25. The summed E-state index contributed by atoms with van der Waals surface area (Å²) in [5, 5.41) is 0. The average Bonchev–Trinajstić information content (AvgIpc) is 2.07. The first kappa shape index (κ1) is 13.0. The van der Waals surface area contributed by atoms with Gasteiger partial charge in [-0.2, -0.15) is 0 Å². The summed E-state index contributed by atoms with van der Waals surface area (Å²) in [5.41, 5.74) is 0. The molecule has 0 N–H and O–H groups in total. The van der Waals surface area contributed by atoms with Crippen LogP contribution in [0.2, 0.25) is 0 Å². The molecule has 1 heterocycles. The van der Waals surface area contributed by atoms with Crippen molar-refractivity contribution in [1.29, 1.82) is 0 Å². The summed E-state index contributed by atoms with van der Waals surface area (Å²) in [5.74, 6) is -0.453. The van der Waals surface area contributed by atoms with Gasteiger partial charge in [-0.25, -0.2) is 4.57 Å². The summed E-state index contributed by atoms with van der Waals surface area (Å²) in [4.78, 5) is 11.2. The molecule has 1 aliphatic rings. The van der Waals surface area contributed by atoms with Gasteiger partial charge in [0.05, 0.1) is 25.7 Å². The van der Waals surface area contributed by atoms with Gasteiger partial charge in [-0.3, -0.25) is 13.8 Å². The fraction of sp³-hybridized carbons (Fsp3) is 0.875. The fourth-order valence-corrected chi connectivity index (χ4v) is 2.33. The molecule has 0 bridgehead atoms. The van der Waals surface area contributed by atoms with Gasteiger partial charge < -0.3 is 4.74 Å². The Bertz CT molecular complexity index is 268. The zero-order chi connectivity index (χ0) is 11.5. The van der Waals surface area contributed by atoms with E-state index in [0.29, 0.717) is 0 Å². The van der Waals surface area contributed by atoms with Crippen LogP contribution in [0.25, 0.3) is 0 Å². The molecule has 0 amide bonds. The van der Waals surface area contributed by atoms with E-state index < -0.39 is 6.95 Å². The predicted molar refractivity (Wildman–Crippen MR) is 54.7 cm³/mol. The molecule has 0 aromatic rings. The van der Waals surface area contributed by atoms with Crippen molar-refractivity contribution < 1.29 is 23.1 Å². The number of ether oxygens (including phenoxy) is 1. The Morgan fingerprint density at radius 3 is 2.53 bits per heavy atom. The molecule has 7 heteroatoms. The maximum Gasteiger partial charge on any atom is 0.424 e. The van der Waals surface area contributed by atoms with Crippen LogP contribution in [0, 0.1) is 5.92 Å². The average molecular weight is 257 g/mol. The molecule has 0 aromatic carbocycles. The number of halogens is 1. The highest BCUT2D eigenvalue weighted by Gasteiger charge is 2.31. The van der Waals surface area contributed by atoms with Crippen molar-refractivity contribution in [3.05, 3.63) is 0 Å². The van der Waals surface area contributed by atoms with Crippen molar-refractivity contribution in [2.75, 3.05) is 13.2 Å². The van der Waals surface area contributed by atoms with Gasteiger partial charge >= 0.3 is 12.9 Å². The maximum absolute atomic E-state index is 11.2. The van der Waals surface area contributed by atoms with Gasteiger partial charge in [-0.1, -0.05) is 0 Å². The third-order valence-electron chi connectivity index (χ3n) is 1.75. The smallest absolute Gasteiger partial charge is 0.424 e. The SMILES string of the molecule is CC(C)OC(=O)CC1COP(=O)(Cl)OC1. The molecule has 0 aromatic heterocycles. The monoisotopic (exact) mass is 256 g/mol. The zero-order valence-corrected chi connectivity index (χ0v) is 10.3. The Labute approximate surface area is 93.3 Å². The van der Waals surface area contributed by atoms with Crippen molar-refractivity contribution in [2.45, 2.75) is 26.4 Å². The predicted octanol–water partition coefficient (Wildman–Crippen LogP) is 2.34. The van der Waals surface area contributed by atoms with Gasteiger partial charge in [0.25, 0.3) is 0 Å². The van der Waals surface area contributed by atoms with E-state index in [1.807, 2.05) is 0 Å². The van der Waals surface area contributed by atoms with E-state index >= 15 is 0 Å². The van der Waals surface area contributed by atoms with Crippen LogP contribution >= 0.6 is 18.2 Å². The third-order valence-corrected chi connectivity index (χ3v) is 3.25. The Morgan fingerprint density at radius 2 is 2.07 bits per heavy atom. The van der Waals surface area contributed by atoms with Crippen molar-refractivity contribution in [2.24, 2.45) is 5.92 Å². The van der Waals surface area contributed by atoms with E-state index in [2.05, 4.69) is 0 Å². The molecular formula is C8H14ClO5P. The van der Waals surface area contributed by atoms with Gasteiger partial charge in [0, 0.05) is 17.2 Å². The lowest BCUT2D eigenvalue weighted by atomic mass is 10.1. The minimum Gasteiger partial charge on any atom is -0.463 e. The van der Waals surface area contributed by atoms with Crippen LogP contribution in [0.3, 0.4) is 0 Å². The molecule has 0 spiro atoms. The number of carbonyl (C=O) groups is 1. The largest absolute Gasteiger partial charge is 0.463 e. The van der Waals surface area contributed by atoms with E-state index in [9.17, 15) is 9.36 Å². The molecule has 1 aliphatic heterocycles. The number of carbonyl (C=O) groups excluding carboxylic acids is 1. The Balaban J connectivity index is 2.30. The molecule has 0 saturated carbocycles. The molecule has 1 fully saturated rings. The van der Waals surface area contributed by atoms with E-state index in [0.717, 1.165) is 0 Å². The lowest BCUT2D eigenvalue weighted by Gasteiger charge is -2.24. The lowest BCUT2D eigenvalue weighted by Crippen LogP contribution is -2.24. The third kappa shape index (κ3) is 4.98. The maximum atomic E-state index is 11.2. The van der Waals surface area contributed by atoms with Crippen LogP contribution in [0.15, 0.2) is 0 Å². The van der Waals surface area contributed by atoms with Gasteiger partial charge in [0.2, 0.25) is 0 Å². The van der Waals surface area contributed by atoms with E-state index in [1.54, 1.807) is 13.8 Å². The summed E-state index contributed by atoms with van der Waals surface area (Å²) in [7, 11) is 0. The molecule has 15 heavy (non-hydrogen) atoms. The fourth-order valence-electron chi connectivity index (χ4n) is 1.14. The lowest BCUT2D eigenvalue weighted by molar-refractivity contribution is -0.149. The highest BCUT2D eigenvalue weighted by Crippen LogP contribution is 2.56. The van der Waals surface area contributed by atoms with Gasteiger partial charge in [-0.05, 0) is 13.8 Å². The van der Waals surface area contributed by atoms with Crippen molar-refractivity contribution in [3.8, 4) is 0 Å². The van der Waals surface area contributed by atoms with Gasteiger partial charge in [-0.15, -0.1) is 0 Å². The van der Waals surface area contributed by atoms with Crippen molar-refractivity contribution in [3.63, 3.8) is 0 Å². The summed E-state index contributed by atoms with van der Waals surface area (Å²) < 4.78 is 25.6. The molecule has 5 nitrogen and oxygen atoms in total. The molecule has 0 unspecified atom stereocenters. The van der Waals surface area contributed by atoms with Crippen molar-refractivity contribution in [1.82, 2.24) is 0 Å². The molecule has 0 atom stereocenters. The molecule has 0 aliphatic carbocycles. The molecule has 0 radical (unpaired) electrons. The van der Waals surface area contributed by atoms with E-state index in [-0.39, 0.29) is 37.6 Å².